The summed E-state index contributed by atoms with van der Waals surface area (Å²) in [6, 6.07) is 10.8. The lowest BCUT2D eigenvalue weighted by Crippen LogP contribution is -2.07. The zero-order valence-corrected chi connectivity index (χ0v) is 11.4. The van der Waals surface area contributed by atoms with Gasteiger partial charge in [0.2, 0.25) is 0 Å². The lowest BCUT2D eigenvalue weighted by molar-refractivity contribution is 0.0469. The second-order valence-corrected chi connectivity index (χ2v) is 4.76. The Bertz CT molecular complexity index is 616. The van der Waals surface area contributed by atoms with Gasteiger partial charge in [0.05, 0.1) is 10.6 Å². The van der Waals surface area contributed by atoms with Gasteiger partial charge >= 0.3 is 5.97 Å². The van der Waals surface area contributed by atoms with Crippen LogP contribution in [0.15, 0.2) is 47.4 Å². The van der Waals surface area contributed by atoms with Crippen LogP contribution in [0.25, 0.3) is 0 Å². The zero-order valence-electron chi connectivity index (χ0n) is 9.77. The van der Waals surface area contributed by atoms with E-state index in [1.807, 2.05) is 0 Å². The zero-order chi connectivity index (χ0) is 13.8. The van der Waals surface area contributed by atoms with Crippen LogP contribution in [0.3, 0.4) is 0 Å². The molecule has 2 aromatic rings. The number of esters is 1. The van der Waals surface area contributed by atoms with Gasteiger partial charge in [-0.3, -0.25) is 0 Å². The Balaban J connectivity index is 2.10. The Hall–Kier alpha value is -1.52. The maximum absolute atomic E-state index is 13.4. The summed E-state index contributed by atoms with van der Waals surface area (Å²) in [6.45, 7) is -0.140. The molecule has 0 bridgehead atoms. The van der Waals surface area contributed by atoms with Crippen molar-refractivity contribution in [2.75, 3.05) is 0 Å². The van der Waals surface area contributed by atoms with Gasteiger partial charge in [0.25, 0.3) is 0 Å². The van der Waals surface area contributed by atoms with Crippen molar-refractivity contribution in [2.24, 2.45) is 0 Å². The number of carbonyl (C=O) groups is 1. The third-order valence-corrected chi connectivity index (χ3v) is 3.09. The average molecular weight is 297 g/mol. The van der Waals surface area contributed by atoms with Crippen molar-refractivity contribution in [3.8, 4) is 0 Å². The Kier molecular flexibility index (Phi) is 4.45. The second kappa shape index (κ2) is 6.08. The van der Waals surface area contributed by atoms with Crippen LogP contribution < -0.4 is 0 Å². The highest BCUT2D eigenvalue weighted by Gasteiger charge is 2.13. The fraction of sp³-hybridized carbons (Fsp3) is 0.0714. The van der Waals surface area contributed by atoms with E-state index in [0.29, 0.717) is 10.5 Å². The molecule has 0 aromatic heterocycles. The van der Waals surface area contributed by atoms with Gasteiger partial charge in [-0.25, -0.2) is 9.18 Å². The predicted octanol–water partition coefficient (Wildman–Crippen LogP) is 4.12. The molecule has 0 N–H and O–H groups in total. The van der Waals surface area contributed by atoms with Gasteiger partial charge in [0.15, 0.2) is 0 Å². The lowest BCUT2D eigenvalue weighted by atomic mass is 10.2. The number of rotatable bonds is 3. The molecule has 0 saturated carbocycles. The monoisotopic (exact) mass is 296 g/mol. The van der Waals surface area contributed by atoms with Crippen LogP contribution in [-0.4, -0.2) is 5.97 Å². The lowest BCUT2D eigenvalue weighted by Gasteiger charge is -2.07. The highest BCUT2D eigenvalue weighted by atomic mass is 35.5. The molecular weight excluding hydrogens is 287 g/mol. The second-order valence-electron chi connectivity index (χ2n) is 3.83. The summed E-state index contributed by atoms with van der Waals surface area (Å²) < 4.78 is 18.4. The molecule has 0 heterocycles. The van der Waals surface area contributed by atoms with Gasteiger partial charge in [-0.2, -0.15) is 0 Å². The molecule has 2 rings (SSSR count). The average Bonchev–Trinajstić information content (AvgIpc) is 2.40. The molecule has 0 radical (unpaired) electrons. The van der Waals surface area contributed by atoms with Gasteiger partial charge in [-0.1, -0.05) is 29.8 Å². The largest absolute Gasteiger partial charge is 0.457 e. The molecule has 19 heavy (non-hydrogen) atoms. The van der Waals surface area contributed by atoms with Gasteiger partial charge in [0, 0.05) is 10.5 Å². The Morgan fingerprint density at radius 2 is 2.00 bits per heavy atom. The minimum absolute atomic E-state index is 0.140. The number of hydrogen-bond donors (Lipinski definition) is 1. The van der Waals surface area contributed by atoms with Crippen molar-refractivity contribution in [2.45, 2.75) is 11.5 Å². The molecule has 5 heteroatoms. The number of halogens is 2. The van der Waals surface area contributed by atoms with Gasteiger partial charge in [-0.05, 0) is 24.3 Å². The van der Waals surface area contributed by atoms with E-state index in [2.05, 4.69) is 12.6 Å². The molecule has 0 atom stereocenters. The number of thiol groups is 1. The van der Waals surface area contributed by atoms with Crippen molar-refractivity contribution in [3.05, 3.63) is 64.4 Å². The van der Waals surface area contributed by atoms with E-state index < -0.39 is 11.8 Å². The first-order chi connectivity index (χ1) is 9.08. The fourth-order valence-electron chi connectivity index (χ4n) is 1.51. The Morgan fingerprint density at radius 1 is 1.26 bits per heavy atom. The van der Waals surface area contributed by atoms with E-state index in [0.717, 1.165) is 0 Å². The molecular formula is C14H10ClFO2S. The van der Waals surface area contributed by atoms with Crippen LogP contribution in [-0.2, 0) is 11.3 Å². The molecule has 0 aliphatic rings. The maximum Gasteiger partial charge on any atom is 0.340 e. The molecule has 2 nitrogen and oxygen atoms in total. The highest BCUT2D eigenvalue weighted by molar-refractivity contribution is 7.80. The highest BCUT2D eigenvalue weighted by Crippen LogP contribution is 2.21. The van der Waals surface area contributed by atoms with Crippen LogP contribution in [0.5, 0.6) is 0 Å². The molecule has 0 saturated heterocycles. The van der Waals surface area contributed by atoms with Crippen molar-refractivity contribution in [1.29, 1.82) is 0 Å². The first-order valence-corrected chi connectivity index (χ1v) is 6.29. The smallest absolute Gasteiger partial charge is 0.340 e. The minimum Gasteiger partial charge on any atom is -0.457 e. The molecule has 0 spiro atoms. The normalized spacial score (nSPS) is 10.3. The third kappa shape index (κ3) is 3.49. The third-order valence-electron chi connectivity index (χ3n) is 2.49. The van der Waals surface area contributed by atoms with E-state index in [4.69, 9.17) is 16.3 Å². The first-order valence-electron chi connectivity index (χ1n) is 5.47. The number of carbonyl (C=O) groups excluding carboxylic acids is 1. The van der Waals surface area contributed by atoms with E-state index in [9.17, 15) is 9.18 Å². The van der Waals surface area contributed by atoms with E-state index in [-0.39, 0.29) is 17.2 Å². The van der Waals surface area contributed by atoms with Crippen molar-refractivity contribution in [3.63, 3.8) is 0 Å². The molecule has 0 unspecified atom stereocenters. The topological polar surface area (TPSA) is 26.3 Å². The summed E-state index contributed by atoms with van der Waals surface area (Å²) in [5.41, 5.74) is 0.527. The van der Waals surface area contributed by atoms with Crippen LogP contribution in [0.2, 0.25) is 5.02 Å². The molecule has 0 fully saturated rings. The summed E-state index contributed by atoms with van der Waals surface area (Å²) in [5.74, 6) is -1.02. The standard InChI is InChI=1S/C14H10ClFO2S/c15-12-6-5-10(19)7-11(12)14(17)18-8-9-3-1-2-4-13(9)16/h1-7,19H,8H2. The van der Waals surface area contributed by atoms with Gasteiger partial charge < -0.3 is 4.74 Å². The molecule has 2 aromatic carbocycles. The van der Waals surface area contributed by atoms with Gasteiger partial charge in [-0.15, -0.1) is 12.6 Å². The Labute approximate surface area is 120 Å². The fourth-order valence-corrected chi connectivity index (χ4v) is 1.90. The minimum atomic E-state index is -0.607. The van der Waals surface area contributed by atoms with Crippen molar-refractivity contribution in [1.82, 2.24) is 0 Å². The van der Waals surface area contributed by atoms with E-state index >= 15 is 0 Å². The maximum atomic E-state index is 13.4. The van der Waals surface area contributed by atoms with Crippen LogP contribution in [0, 0.1) is 5.82 Å². The van der Waals surface area contributed by atoms with Crippen molar-refractivity contribution >= 4 is 30.2 Å². The molecule has 98 valence electrons. The number of benzene rings is 2. The van der Waals surface area contributed by atoms with Gasteiger partial charge in [0.1, 0.15) is 12.4 Å². The summed E-state index contributed by atoms with van der Waals surface area (Å²) in [4.78, 5) is 12.4. The summed E-state index contributed by atoms with van der Waals surface area (Å²) in [5, 5.41) is 0.274. The van der Waals surface area contributed by atoms with E-state index in [1.165, 1.54) is 12.1 Å². The molecule has 0 amide bonds. The van der Waals surface area contributed by atoms with Crippen LogP contribution in [0.4, 0.5) is 4.39 Å². The predicted molar refractivity (Wildman–Crippen MR) is 74.2 cm³/mol. The first kappa shape index (κ1) is 13.9. The SMILES string of the molecule is O=C(OCc1ccccc1F)c1cc(S)ccc1Cl. The van der Waals surface area contributed by atoms with Crippen molar-refractivity contribution < 1.29 is 13.9 Å². The Morgan fingerprint density at radius 3 is 2.74 bits per heavy atom. The van der Waals surface area contributed by atoms with E-state index in [1.54, 1.807) is 30.3 Å². The van der Waals surface area contributed by atoms with Crippen LogP contribution in [0.1, 0.15) is 15.9 Å². The summed E-state index contributed by atoms with van der Waals surface area (Å²) in [6.07, 6.45) is 0. The quantitative estimate of drug-likeness (QED) is 0.681. The molecule has 0 aliphatic carbocycles. The van der Waals surface area contributed by atoms with Crippen LogP contribution >= 0.6 is 24.2 Å². The summed E-state index contributed by atoms with van der Waals surface area (Å²) in [7, 11) is 0. The number of hydrogen-bond acceptors (Lipinski definition) is 3. The molecule has 0 aliphatic heterocycles. The number of ether oxygens (including phenoxy) is 1. The summed E-state index contributed by atoms with van der Waals surface area (Å²) >= 11 is 10.0.